The third kappa shape index (κ3) is 3.98. The summed E-state index contributed by atoms with van der Waals surface area (Å²) in [4.78, 5) is 0. The second kappa shape index (κ2) is 8.49. The minimum Gasteiger partial charge on any atom is -0.464 e. The molecule has 1 atom stereocenters. The Morgan fingerprint density at radius 3 is 1.96 bits per heavy atom. The van der Waals surface area contributed by atoms with Crippen LogP contribution in [0.2, 0.25) is 0 Å². The molecular formula is C23H23O2P. The third-order valence-corrected chi connectivity index (χ3v) is 7.01. The van der Waals surface area contributed by atoms with Gasteiger partial charge in [0, 0.05) is 11.7 Å². The molecule has 1 unspecified atom stereocenters. The van der Waals surface area contributed by atoms with Crippen molar-refractivity contribution < 1.29 is 9.47 Å². The first-order valence-electron chi connectivity index (χ1n) is 9.19. The van der Waals surface area contributed by atoms with E-state index in [2.05, 4.69) is 78.9 Å². The average molecular weight is 362 g/mol. The summed E-state index contributed by atoms with van der Waals surface area (Å²) in [6, 6.07) is 29.9. The highest BCUT2D eigenvalue weighted by Gasteiger charge is 2.22. The largest absolute Gasteiger partial charge is 0.464 e. The van der Waals surface area contributed by atoms with E-state index in [0.29, 0.717) is 0 Å². The molecule has 26 heavy (non-hydrogen) atoms. The topological polar surface area (TPSA) is 18.5 Å². The summed E-state index contributed by atoms with van der Waals surface area (Å²) < 4.78 is 12.1. The summed E-state index contributed by atoms with van der Waals surface area (Å²) in [6.45, 7) is 0.791. The van der Waals surface area contributed by atoms with Crippen LogP contribution in [0.25, 0.3) is 0 Å². The number of para-hydroxylation sites is 1. The number of benzene rings is 3. The smallest absolute Gasteiger partial charge is 0.199 e. The van der Waals surface area contributed by atoms with Gasteiger partial charge in [-0.3, -0.25) is 0 Å². The van der Waals surface area contributed by atoms with Gasteiger partial charge in [-0.15, -0.1) is 0 Å². The van der Waals surface area contributed by atoms with Gasteiger partial charge in [0.1, 0.15) is 5.75 Å². The first-order valence-corrected chi connectivity index (χ1v) is 10.5. The Kier molecular flexibility index (Phi) is 5.64. The summed E-state index contributed by atoms with van der Waals surface area (Å²) in [6.07, 6.45) is 3.12. The highest BCUT2D eigenvalue weighted by atomic mass is 31.1. The van der Waals surface area contributed by atoms with Crippen LogP contribution in [0.4, 0.5) is 0 Å². The second-order valence-electron chi connectivity index (χ2n) is 6.39. The van der Waals surface area contributed by atoms with Crippen molar-refractivity contribution in [3.8, 4) is 5.75 Å². The fraction of sp³-hybridized carbons (Fsp3) is 0.217. The predicted octanol–water partition coefficient (Wildman–Crippen LogP) is 4.35. The second-order valence-corrected chi connectivity index (χ2v) is 8.57. The van der Waals surface area contributed by atoms with E-state index in [1.807, 2.05) is 6.07 Å². The molecule has 2 nitrogen and oxygen atoms in total. The lowest BCUT2D eigenvalue weighted by molar-refractivity contribution is -0.105. The number of rotatable bonds is 5. The van der Waals surface area contributed by atoms with Crippen molar-refractivity contribution in [2.75, 3.05) is 6.61 Å². The van der Waals surface area contributed by atoms with E-state index in [0.717, 1.165) is 25.2 Å². The minimum absolute atomic E-state index is 0.131. The summed E-state index contributed by atoms with van der Waals surface area (Å²) in [5.41, 5.74) is 0. The quantitative estimate of drug-likeness (QED) is 0.628. The van der Waals surface area contributed by atoms with Gasteiger partial charge in [0.15, 0.2) is 6.29 Å². The first kappa shape index (κ1) is 17.3. The molecule has 0 aromatic heterocycles. The summed E-state index contributed by atoms with van der Waals surface area (Å²) in [7, 11) is -0.674. The van der Waals surface area contributed by atoms with Gasteiger partial charge in [0.05, 0.1) is 6.61 Å². The molecule has 132 valence electrons. The molecule has 0 radical (unpaired) electrons. The van der Waals surface area contributed by atoms with Crippen molar-refractivity contribution in [2.24, 2.45) is 0 Å². The van der Waals surface area contributed by atoms with Gasteiger partial charge in [0.25, 0.3) is 0 Å². The van der Waals surface area contributed by atoms with Crippen molar-refractivity contribution in [1.29, 1.82) is 0 Å². The molecule has 1 fully saturated rings. The van der Waals surface area contributed by atoms with Crippen LogP contribution in [0.3, 0.4) is 0 Å². The minimum atomic E-state index is -0.674. The summed E-state index contributed by atoms with van der Waals surface area (Å²) >= 11 is 0. The number of ether oxygens (including phenoxy) is 2. The van der Waals surface area contributed by atoms with Crippen LogP contribution < -0.4 is 20.7 Å². The fourth-order valence-electron chi connectivity index (χ4n) is 3.27. The standard InChI is InChI=1S/C23H23O2P/c1-3-11-19(12-4-1)26(20-13-5-2-6-14-20)22-16-8-7-15-21(22)25-23-17-9-10-18-24-23/h1-8,11-16,23H,9-10,17-18H2. The maximum absolute atomic E-state index is 6.30. The molecule has 0 bridgehead atoms. The summed E-state index contributed by atoms with van der Waals surface area (Å²) in [5, 5.41) is 3.90. The van der Waals surface area contributed by atoms with Crippen LogP contribution in [0.5, 0.6) is 5.75 Å². The highest BCUT2D eigenvalue weighted by molar-refractivity contribution is 7.80. The van der Waals surface area contributed by atoms with Gasteiger partial charge in [-0.05, 0) is 37.4 Å². The molecule has 3 aromatic rings. The first-order chi connectivity index (χ1) is 12.9. The van der Waals surface area contributed by atoms with Crippen molar-refractivity contribution >= 4 is 23.8 Å². The lowest BCUT2D eigenvalue weighted by atomic mass is 10.2. The SMILES string of the molecule is c1ccc(P(c2ccccc2)c2ccccc2OC2CCCCO2)cc1. The lowest BCUT2D eigenvalue weighted by Crippen LogP contribution is -2.28. The van der Waals surface area contributed by atoms with Gasteiger partial charge in [-0.2, -0.15) is 0 Å². The molecule has 1 saturated heterocycles. The van der Waals surface area contributed by atoms with Crippen LogP contribution in [0.1, 0.15) is 19.3 Å². The zero-order chi connectivity index (χ0) is 17.6. The van der Waals surface area contributed by atoms with Crippen LogP contribution in [0, 0.1) is 0 Å². The van der Waals surface area contributed by atoms with E-state index in [1.165, 1.54) is 22.3 Å². The Morgan fingerprint density at radius 2 is 1.35 bits per heavy atom. The molecule has 1 aliphatic heterocycles. The molecule has 0 spiro atoms. The van der Waals surface area contributed by atoms with Crippen molar-refractivity contribution in [2.45, 2.75) is 25.6 Å². The van der Waals surface area contributed by atoms with E-state index in [1.54, 1.807) is 0 Å². The molecule has 1 aliphatic rings. The Balaban J connectivity index is 1.74. The van der Waals surface area contributed by atoms with Crippen LogP contribution in [-0.4, -0.2) is 12.9 Å². The molecule has 0 amide bonds. The average Bonchev–Trinajstić information content (AvgIpc) is 2.72. The van der Waals surface area contributed by atoms with Crippen LogP contribution in [0.15, 0.2) is 84.9 Å². The van der Waals surface area contributed by atoms with E-state index in [4.69, 9.17) is 9.47 Å². The molecular weight excluding hydrogens is 339 g/mol. The summed E-state index contributed by atoms with van der Waals surface area (Å²) in [5.74, 6) is 0.943. The maximum atomic E-state index is 6.30. The number of hydrogen-bond donors (Lipinski definition) is 0. The van der Waals surface area contributed by atoms with Crippen molar-refractivity contribution in [3.63, 3.8) is 0 Å². The molecule has 3 aromatic carbocycles. The van der Waals surface area contributed by atoms with Crippen LogP contribution >= 0.6 is 7.92 Å². The Bertz CT molecular complexity index is 774. The van der Waals surface area contributed by atoms with Crippen molar-refractivity contribution in [1.82, 2.24) is 0 Å². The van der Waals surface area contributed by atoms with Crippen molar-refractivity contribution in [3.05, 3.63) is 84.9 Å². The highest BCUT2D eigenvalue weighted by Crippen LogP contribution is 2.36. The predicted molar refractivity (Wildman–Crippen MR) is 109 cm³/mol. The lowest BCUT2D eigenvalue weighted by Gasteiger charge is -2.27. The zero-order valence-corrected chi connectivity index (χ0v) is 15.6. The molecule has 1 heterocycles. The normalized spacial score (nSPS) is 17.2. The monoisotopic (exact) mass is 362 g/mol. The van der Waals surface area contributed by atoms with E-state index >= 15 is 0 Å². The molecule has 0 aliphatic carbocycles. The van der Waals surface area contributed by atoms with Gasteiger partial charge < -0.3 is 9.47 Å². The molecule has 0 N–H and O–H groups in total. The Hall–Kier alpha value is -2.15. The molecule has 0 saturated carbocycles. The van der Waals surface area contributed by atoms with Gasteiger partial charge in [-0.25, -0.2) is 0 Å². The van der Waals surface area contributed by atoms with E-state index < -0.39 is 7.92 Å². The van der Waals surface area contributed by atoms with Gasteiger partial charge in [0.2, 0.25) is 0 Å². The zero-order valence-electron chi connectivity index (χ0n) is 14.8. The molecule has 3 heteroatoms. The Morgan fingerprint density at radius 1 is 0.731 bits per heavy atom. The Labute approximate surface area is 156 Å². The maximum Gasteiger partial charge on any atom is 0.199 e. The van der Waals surface area contributed by atoms with Crippen LogP contribution in [-0.2, 0) is 4.74 Å². The fourth-order valence-corrected chi connectivity index (χ4v) is 5.65. The third-order valence-electron chi connectivity index (χ3n) is 4.53. The van der Waals surface area contributed by atoms with Gasteiger partial charge >= 0.3 is 0 Å². The van der Waals surface area contributed by atoms with E-state index in [9.17, 15) is 0 Å². The van der Waals surface area contributed by atoms with Gasteiger partial charge in [-0.1, -0.05) is 78.9 Å². The number of hydrogen-bond acceptors (Lipinski definition) is 2. The molecule has 4 rings (SSSR count). The van der Waals surface area contributed by atoms with E-state index in [-0.39, 0.29) is 6.29 Å².